The zero-order chi connectivity index (χ0) is 15.8. The van der Waals surface area contributed by atoms with Gasteiger partial charge < -0.3 is 15.0 Å². The van der Waals surface area contributed by atoms with Gasteiger partial charge in [-0.3, -0.25) is 4.79 Å². The summed E-state index contributed by atoms with van der Waals surface area (Å²) in [5.41, 5.74) is 0.736. The van der Waals surface area contributed by atoms with Crippen LogP contribution in [0.1, 0.15) is 10.5 Å². The number of nitrogens with zero attached hydrogens (tertiary/aromatic N) is 1. The molecule has 1 unspecified atom stereocenters. The van der Waals surface area contributed by atoms with Gasteiger partial charge in [-0.15, -0.1) is 0 Å². The van der Waals surface area contributed by atoms with Crippen molar-refractivity contribution >= 4 is 28.4 Å². The number of carbonyl (C=O) groups excluding carboxylic acids is 1. The lowest BCUT2D eigenvalue weighted by Crippen LogP contribution is -2.41. The molecule has 1 amide bonds. The molecule has 0 aliphatic rings. The van der Waals surface area contributed by atoms with Gasteiger partial charge in [-0.25, -0.2) is 0 Å². The van der Waals surface area contributed by atoms with Crippen LogP contribution in [0.2, 0.25) is 5.02 Å². The molecule has 0 aliphatic heterocycles. The predicted molar refractivity (Wildman–Crippen MR) is 72.3 cm³/mol. The molecule has 0 aliphatic carbocycles. The van der Waals surface area contributed by atoms with Crippen LogP contribution in [-0.4, -0.2) is 46.8 Å². The Hall–Kier alpha value is -1.73. The van der Waals surface area contributed by atoms with Gasteiger partial charge in [0.2, 0.25) is 0 Å². The Labute approximate surface area is 123 Å². The average Bonchev–Trinajstić information content (AvgIpc) is 2.79. The van der Waals surface area contributed by atoms with E-state index in [4.69, 9.17) is 16.7 Å². The number of amides is 1. The van der Waals surface area contributed by atoms with Crippen molar-refractivity contribution in [2.45, 2.75) is 12.3 Å². The highest BCUT2D eigenvalue weighted by molar-refractivity contribution is 6.31. The van der Waals surface area contributed by atoms with Crippen LogP contribution in [0.3, 0.4) is 0 Å². The van der Waals surface area contributed by atoms with E-state index in [-0.39, 0.29) is 5.69 Å². The van der Waals surface area contributed by atoms with Crippen molar-refractivity contribution in [3.63, 3.8) is 0 Å². The standard InChI is InChI=1S/C13H12ClF3N2O2/c1-19(6-11(20)13(15,16)17)12(21)10-4-7-2-3-8(14)5-9(7)18-10/h2-5,11,18,20H,6H2,1H3. The molecule has 2 rings (SSSR count). The summed E-state index contributed by atoms with van der Waals surface area (Å²) in [6.45, 7) is -0.835. The van der Waals surface area contributed by atoms with Crippen LogP contribution in [0.5, 0.6) is 0 Å². The number of H-pyrrole nitrogens is 1. The summed E-state index contributed by atoms with van der Waals surface area (Å²) in [6, 6.07) is 6.46. The second-order valence-electron chi connectivity index (χ2n) is 4.66. The average molecular weight is 321 g/mol. The largest absolute Gasteiger partial charge is 0.416 e. The fraction of sp³-hybridized carbons (Fsp3) is 0.308. The van der Waals surface area contributed by atoms with Gasteiger partial charge >= 0.3 is 6.18 Å². The molecule has 8 heteroatoms. The maximum Gasteiger partial charge on any atom is 0.416 e. The lowest BCUT2D eigenvalue weighted by atomic mass is 10.2. The SMILES string of the molecule is CN(CC(O)C(F)(F)F)C(=O)c1cc2ccc(Cl)cc2[nH]1. The van der Waals surface area contributed by atoms with E-state index in [2.05, 4.69) is 4.98 Å². The molecule has 1 aromatic heterocycles. The Bertz CT molecular complexity index is 669. The number of hydrogen-bond acceptors (Lipinski definition) is 2. The van der Waals surface area contributed by atoms with Crippen molar-refractivity contribution in [1.82, 2.24) is 9.88 Å². The summed E-state index contributed by atoms with van der Waals surface area (Å²) in [6.07, 6.45) is -7.34. The third kappa shape index (κ3) is 3.48. The van der Waals surface area contributed by atoms with E-state index in [9.17, 15) is 18.0 Å². The van der Waals surface area contributed by atoms with E-state index in [1.807, 2.05) is 0 Å². The molecule has 0 saturated carbocycles. The van der Waals surface area contributed by atoms with Crippen molar-refractivity contribution < 1.29 is 23.1 Å². The van der Waals surface area contributed by atoms with Gasteiger partial charge in [0, 0.05) is 23.0 Å². The highest BCUT2D eigenvalue weighted by Gasteiger charge is 2.39. The predicted octanol–water partition coefficient (Wildman–Crippen LogP) is 2.82. The van der Waals surface area contributed by atoms with Gasteiger partial charge in [-0.05, 0) is 18.2 Å². The lowest BCUT2D eigenvalue weighted by Gasteiger charge is -2.21. The van der Waals surface area contributed by atoms with Crippen LogP contribution in [0, 0.1) is 0 Å². The number of alkyl halides is 3. The van der Waals surface area contributed by atoms with Crippen molar-refractivity contribution in [2.24, 2.45) is 0 Å². The zero-order valence-corrected chi connectivity index (χ0v) is 11.7. The number of hydrogen-bond donors (Lipinski definition) is 2. The molecule has 0 radical (unpaired) electrons. The first kappa shape index (κ1) is 15.7. The number of nitrogens with one attached hydrogen (secondary N) is 1. The normalized spacial score (nSPS) is 13.4. The van der Waals surface area contributed by atoms with Crippen LogP contribution in [-0.2, 0) is 0 Å². The van der Waals surface area contributed by atoms with Crippen molar-refractivity contribution in [3.8, 4) is 0 Å². The Morgan fingerprint density at radius 2 is 2.10 bits per heavy atom. The number of aromatic nitrogens is 1. The Kier molecular flexibility index (Phi) is 4.15. The second-order valence-corrected chi connectivity index (χ2v) is 5.09. The van der Waals surface area contributed by atoms with Gasteiger partial charge in [-0.2, -0.15) is 13.2 Å². The molecule has 2 aromatic rings. The Morgan fingerprint density at radius 1 is 1.43 bits per heavy atom. The summed E-state index contributed by atoms with van der Waals surface area (Å²) in [5, 5.41) is 10.2. The highest BCUT2D eigenvalue weighted by atomic mass is 35.5. The van der Waals surface area contributed by atoms with E-state index in [1.165, 1.54) is 13.1 Å². The summed E-state index contributed by atoms with van der Waals surface area (Å²) in [5.74, 6) is -0.648. The van der Waals surface area contributed by atoms with Crippen LogP contribution < -0.4 is 0 Å². The number of fused-ring (bicyclic) bond motifs is 1. The van der Waals surface area contributed by atoms with Crippen LogP contribution in [0.25, 0.3) is 10.9 Å². The van der Waals surface area contributed by atoms with Gasteiger partial charge in [-0.1, -0.05) is 17.7 Å². The van der Waals surface area contributed by atoms with Crippen molar-refractivity contribution in [3.05, 3.63) is 35.0 Å². The summed E-state index contributed by atoms with van der Waals surface area (Å²) in [4.78, 5) is 15.6. The summed E-state index contributed by atoms with van der Waals surface area (Å²) < 4.78 is 36.8. The minimum Gasteiger partial charge on any atom is -0.382 e. The maximum atomic E-state index is 12.3. The van der Waals surface area contributed by atoms with Gasteiger partial charge in [0.15, 0.2) is 6.10 Å². The maximum absolute atomic E-state index is 12.3. The molecule has 0 bridgehead atoms. The molecule has 0 fully saturated rings. The van der Waals surface area contributed by atoms with Crippen molar-refractivity contribution in [2.75, 3.05) is 13.6 Å². The van der Waals surface area contributed by atoms with Gasteiger partial charge in [0.1, 0.15) is 5.69 Å². The monoisotopic (exact) mass is 320 g/mol. The third-order valence-electron chi connectivity index (χ3n) is 2.99. The Morgan fingerprint density at radius 3 is 2.71 bits per heavy atom. The van der Waals surface area contributed by atoms with E-state index in [0.29, 0.717) is 15.9 Å². The molecule has 2 N–H and O–H groups in total. The first-order chi connectivity index (χ1) is 9.68. The van der Waals surface area contributed by atoms with E-state index in [1.54, 1.807) is 18.2 Å². The second kappa shape index (κ2) is 5.57. The number of likely N-dealkylation sites (N-methyl/N-ethyl adjacent to an activating group) is 1. The Balaban J connectivity index is 2.17. The minimum atomic E-state index is -4.76. The number of aliphatic hydroxyl groups excluding tert-OH is 1. The van der Waals surface area contributed by atoms with Gasteiger partial charge in [0.05, 0.1) is 6.54 Å². The first-order valence-electron chi connectivity index (χ1n) is 5.97. The smallest absolute Gasteiger partial charge is 0.382 e. The molecule has 1 aromatic carbocycles. The zero-order valence-electron chi connectivity index (χ0n) is 10.9. The molecule has 4 nitrogen and oxygen atoms in total. The fourth-order valence-electron chi connectivity index (χ4n) is 1.87. The molecule has 0 saturated heterocycles. The van der Waals surface area contributed by atoms with E-state index in [0.717, 1.165) is 4.90 Å². The molecule has 114 valence electrons. The van der Waals surface area contributed by atoms with Crippen LogP contribution >= 0.6 is 11.6 Å². The number of halogens is 4. The quantitative estimate of drug-likeness (QED) is 0.913. The van der Waals surface area contributed by atoms with Crippen molar-refractivity contribution in [1.29, 1.82) is 0 Å². The van der Waals surface area contributed by atoms with E-state index < -0.39 is 24.7 Å². The first-order valence-corrected chi connectivity index (χ1v) is 6.35. The molecular weight excluding hydrogens is 309 g/mol. The third-order valence-corrected chi connectivity index (χ3v) is 3.22. The number of aromatic amines is 1. The highest BCUT2D eigenvalue weighted by Crippen LogP contribution is 2.22. The molecule has 1 atom stereocenters. The molecule has 21 heavy (non-hydrogen) atoms. The number of carbonyl (C=O) groups is 1. The molecule has 1 heterocycles. The fourth-order valence-corrected chi connectivity index (χ4v) is 2.04. The van der Waals surface area contributed by atoms with Crippen LogP contribution in [0.4, 0.5) is 13.2 Å². The van der Waals surface area contributed by atoms with Gasteiger partial charge in [0.25, 0.3) is 5.91 Å². The minimum absolute atomic E-state index is 0.129. The number of benzene rings is 1. The summed E-state index contributed by atoms with van der Waals surface area (Å²) >= 11 is 5.82. The number of aliphatic hydroxyl groups is 1. The number of rotatable bonds is 3. The van der Waals surface area contributed by atoms with Crippen LogP contribution in [0.15, 0.2) is 24.3 Å². The molecular formula is C13H12ClF3N2O2. The lowest BCUT2D eigenvalue weighted by molar-refractivity contribution is -0.205. The topological polar surface area (TPSA) is 56.3 Å². The summed E-state index contributed by atoms with van der Waals surface area (Å²) in [7, 11) is 1.19. The van der Waals surface area contributed by atoms with E-state index >= 15 is 0 Å². The molecule has 0 spiro atoms.